The number of aromatic nitrogens is 1. The van der Waals surface area contributed by atoms with Crippen molar-refractivity contribution in [1.29, 1.82) is 0 Å². The number of urea groups is 1. The summed E-state index contributed by atoms with van der Waals surface area (Å²) in [4.78, 5) is 28.0. The molecule has 1 aromatic heterocycles. The highest BCUT2D eigenvalue weighted by molar-refractivity contribution is 6.01. The monoisotopic (exact) mass is 465 g/mol. The van der Waals surface area contributed by atoms with Gasteiger partial charge in [-0.25, -0.2) is 18.6 Å². The van der Waals surface area contributed by atoms with Crippen molar-refractivity contribution in [3.05, 3.63) is 77.5 Å². The Morgan fingerprint density at radius 2 is 1.85 bits per heavy atom. The van der Waals surface area contributed by atoms with Crippen molar-refractivity contribution in [1.82, 2.24) is 15.6 Å². The Labute approximate surface area is 194 Å². The third-order valence-electron chi connectivity index (χ3n) is 4.36. The van der Waals surface area contributed by atoms with E-state index in [9.17, 15) is 18.4 Å². The molecule has 3 amide bonds. The maximum absolute atomic E-state index is 14.6. The van der Waals surface area contributed by atoms with Gasteiger partial charge in [0.1, 0.15) is 22.9 Å². The fourth-order valence-electron chi connectivity index (χ4n) is 2.79. The summed E-state index contributed by atoms with van der Waals surface area (Å²) in [6.07, 6.45) is 1.29. The van der Waals surface area contributed by atoms with Crippen LogP contribution in [0.3, 0.4) is 0 Å². The fourth-order valence-corrected chi connectivity index (χ4v) is 2.79. The molecular weight excluding hydrogens is 444 g/mol. The predicted molar refractivity (Wildman–Crippen MR) is 123 cm³/mol. The van der Waals surface area contributed by atoms with Crippen LogP contribution in [0.1, 0.15) is 11.1 Å². The number of anilines is 2. The van der Waals surface area contributed by atoms with Crippen molar-refractivity contribution < 1.29 is 23.1 Å². The van der Waals surface area contributed by atoms with E-state index in [1.807, 2.05) is 0 Å². The summed E-state index contributed by atoms with van der Waals surface area (Å²) in [7, 11) is 1.74. The number of amides is 3. The minimum Gasteiger partial charge on any atom is -0.453 e. The molecule has 0 bridgehead atoms. The van der Waals surface area contributed by atoms with E-state index in [0.29, 0.717) is 17.7 Å². The standard InChI is InChI=1S/C24H21F2N5O3/c1-28-11-2-3-18-20(10-12-29-23(18)27)34-21-9-8-17(14-19(21)26)30-24(33)31-22(32)13-15-4-6-16(25)7-5-15/h4-10,12,14,28H,11,13H2,1H3,(H2,27,29)(H2,30,31,32,33). The molecule has 0 saturated heterocycles. The second-order valence-electron chi connectivity index (χ2n) is 6.95. The zero-order valence-electron chi connectivity index (χ0n) is 18.1. The minimum absolute atomic E-state index is 0.0974. The Morgan fingerprint density at radius 1 is 1.09 bits per heavy atom. The Kier molecular flexibility index (Phi) is 8.10. The number of halogens is 2. The van der Waals surface area contributed by atoms with Crippen LogP contribution in [0.4, 0.5) is 25.1 Å². The van der Waals surface area contributed by atoms with Gasteiger partial charge in [-0.1, -0.05) is 24.0 Å². The molecule has 0 aliphatic carbocycles. The van der Waals surface area contributed by atoms with Gasteiger partial charge in [0.2, 0.25) is 5.91 Å². The SMILES string of the molecule is CNCC#Cc1c(Oc2ccc(NC(=O)NC(=O)Cc3ccc(F)cc3)cc2F)ccnc1N. The number of rotatable bonds is 6. The highest BCUT2D eigenvalue weighted by Crippen LogP contribution is 2.30. The summed E-state index contributed by atoms with van der Waals surface area (Å²) in [6, 6.07) is 9.72. The van der Waals surface area contributed by atoms with Gasteiger partial charge in [0.25, 0.3) is 0 Å². The number of carbonyl (C=O) groups excluding carboxylic acids is 2. The van der Waals surface area contributed by atoms with Crippen LogP contribution in [0.25, 0.3) is 0 Å². The lowest BCUT2D eigenvalue weighted by Crippen LogP contribution is -2.35. The summed E-state index contributed by atoms with van der Waals surface area (Å²) < 4.78 is 33.2. The average molecular weight is 465 g/mol. The van der Waals surface area contributed by atoms with Gasteiger partial charge in [0, 0.05) is 24.0 Å². The molecule has 0 aliphatic rings. The number of benzene rings is 2. The second kappa shape index (κ2) is 11.4. The van der Waals surface area contributed by atoms with Crippen LogP contribution in [-0.2, 0) is 11.2 Å². The zero-order chi connectivity index (χ0) is 24.5. The maximum atomic E-state index is 14.6. The molecule has 0 saturated carbocycles. The lowest BCUT2D eigenvalue weighted by atomic mass is 10.1. The molecule has 10 heteroatoms. The van der Waals surface area contributed by atoms with E-state index in [4.69, 9.17) is 10.5 Å². The van der Waals surface area contributed by atoms with Crippen molar-refractivity contribution in [3.63, 3.8) is 0 Å². The molecule has 0 radical (unpaired) electrons. The molecule has 0 atom stereocenters. The topological polar surface area (TPSA) is 118 Å². The van der Waals surface area contributed by atoms with E-state index in [1.54, 1.807) is 7.05 Å². The number of carbonyl (C=O) groups is 2. The summed E-state index contributed by atoms with van der Waals surface area (Å²) in [5, 5.41) is 7.37. The van der Waals surface area contributed by atoms with Crippen molar-refractivity contribution in [3.8, 4) is 23.3 Å². The molecule has 174 valence electrons. The largest absolute Gasteiger partial charge is 0.453 e. The average Bonchev–Trinajstić information content (AvgIpc) is 2.79. The van der Waals surface area contributed by atoms with E-state index in [-0.39, 0.29) is 29.4 Å². The van der Waals surface area contributed by atoms with Gasteiger partial charge < -0.3 is 21.1 Å². The molecule has 0 aliphatic heterocycles. The Balaban J connectivity index is 1.64. The van der Waals surface area contributed by atoms with Crippen molar-refractivity contribution >= 4 is 23.4 Å². The number of pyridine rings is 1. The van der Waals surface area contributed by atoms with E-state index in [2.05, 4.69) is 32.8 Å². The van der Waals surface area contributed by atoms with Crippen LogP contribution in [0, 0.1) is 23.5 Å². The van der Waals surface area contributed by atoms with Gasteiger partial charge in [-0.2, -0.15) is 0 Å². The Bertz CT molecular complexity index is 1250. The molecule has 0 fully saturated rings. The summed E-state index contributed by atoms with van der Waals surface area (Å²) in [5.74, 6) is 4.12. The van der Waals surface area contributed by atoms with Crippen LogP contribution >= 0.6 is 0 Å². The summed E-state index contributed by atoms with van der Waals surface area (Å²) >= 11 is 0. The molecule has 5 N–H and O–H groups in total. The first-order valence-corrected chi connectivity index (χ1v) is 10.1. The minimum atomic E-state index is -0.843. The highest BCUT2D eigenvalue weighted by atomic mass is 19.1. The summed E-state index contributed by atoms with van der Waals surface area (Å²) in [6.45, 7) is 0.414. The molecule has 34 heavy (non-hydrogen) atoms. The third kappa shape index (κ3) is 6.75. The Hall–Kier alpha value is -4.49. The van der Waals surface area contributed by atoms with Crippen LogP contribution in [-0.4, -0.2) is 30.5 Å². The molecule has 1 heterocycles. The Morgan fingerprint density at radius 3 is 2.56 bits per heavy atom. The molecule has 0 unspecified atom stereocenters. The van der Waals surface area contributed by atoms with E-state index < -0.39 is 23.6 Å². The van der Waals surface area contributed by atoms with Crippen molar-refractivity contribution in [2.75, 3.05) is 24.6 Å². The van der Waals surface area contributed by atoms with E-state index >= 15 is 0 Å². The lowest BCUT2D eigenvalue weighted by Gasteiger charge is -2.11. The molecule has 3 aromatic rings. The highest BCUT2D eigenvalue weighted by Gasteiger charge is 2.13. The molecular formula is C24H21F2N5O3. The van der Waals surface area contributed by atoms with Crippen LogP contribution in [0.5, 0.6) is 11.5 Å². The van der Waals surface area contributed by atoms with Gasteiger partial charge in [-0.05, 0) is 36.9 Å². The number of ether oxygens (including phenoxy) is 1. The van der Waals surface area contributed by atoms with E-state index in [1.165, 1.54) is 48.7 Å². The van der Waals surface area contributed by atoms with Crippen molar-refractivity contribution in [2.45, 2.75) is 6.42 Å². The van der Waals surface area contributed by atoms with E-state index in [0.717, 1.165) is 6.07 Å². The first-order chi connectivity index (χ1) is 16.4. The number of nitrogens with two attached hydrogens (primary N) is 1. The van der Waals surface area contributed by atoms with Gasteiger partial charge in [-0.3, -0.25) is 10.1 Å². The van der Waals surface area contributed by atoms with Gasteiger partial charge >= 0.3 is 6.03 Å². The number of hydrogen-bond acceptors (Lipinski definition) is 6. The number of nitrogens with zero attached hydrogens (tertiary/aromatic N) is 1. The number of imide groups is 1. The number of nitrogens with one attached hydrogen (secondary N) is 3. The molecule has 0 spiro atoms. The van der Waals surface area contributed by atoms with Gasteiger partial charge in [0.15, 0.2) is 11.6 Å². The third-order valence-corrected chi connectivity index (χ3v) is 4.36. The van der Waals surface area contributed by atoms with Crippen LogP contribution in [0.15, 0.2) is 54.7 Å². The number of hydrogen-bond donors (Lipinski definition) is 4. The predicted octanol–water partition coefficient (Wildman–Crippen LogP) is 3.20. The zero-order valence-corrected chi connectivity index (χ0v) is 18.1. The van der Waals surface area contributed by atoms with Crippen LogP contribution < -0.4 is 26.4 Å². The second-order valence-corrected chi connectivity index (χ2v) is 6.95. The summed E-state index contributed by atoms with van der Waals surface area (Å²) in [5.41, 5.74) is 6.81. The van der Waals surface area contributed by atoms with Gasteiger partial charge in [0.05, 0.1) is 13.0 Å². The molecule has 8 nitrogen and oxygen atoms in total. The normalized spacial score (nSPS) is 10.1. The quantitative estimate of drug-likeness (QED) is 0.415. The fraction of sp³-hybridized carbons (Fsp3) is 0.125. The molecule has 2 aromatic carbocycles. The smallest absolute Gasteiger partial charge is 0.325 e. The number of nitrogen functional groups attached to an aromatic ring is 1. The maximum Gasteiger partial charge on any atom is 0.325 e. The first kappa shape index (κ1) is 24.2. The lowest BCUT2D eigenvalue weighted by molar-refractivity contribution is -0.119. The van der Waals surface area contributed by atoms with Gasteiger partial charge in [-0.15, -0.1) is 0 Å². The van der Waals surface area contributed by atoms with Crippen LogP contribution in [0.2, 0.25) is 0 Å². The first-order valence-electron chi connectivity index (χ1n) is 10.1. The molecule has 3 rings (SSSR count). The van der Waals surface area contributed by atoms with Crippen molar-refractivity contribution in [2.24, 2.45) is 0 Å².